The molecule has 0 aliphatic carbocycles. The number of rotatable bonds is 8. The van der Waals surface area contributed by atoms with E-state index in [1.54, 1.807) is 0 Å². The molecule has 0 unspecified atom stereocenters. The quantitative estimate of drug-likeness (QED) is 0.185. The maximum atomic E-state index is 3.66. The molecule has 0 bridgehead atoms. The van der Waals surface area contributed by atoms with E-state index in [0.29, 0.717) is 0 Å². The predicted molar refractivity (Wildman–Crippen MR) is 136 cm³/mol. The summed E-state index contributed by atoms with van der Waals surface area (Å²) < 4.78 is 0. The van der Waals surface area contributed by atoms with Crippen molar-refractivity contribution in [1.29, 1.82) is 0 Å². The average molecular weight is 473 g/mol. The van der Waals surface area contributed by atoms with Crippen molar-refractivity contribution in [2.24, 2.45) is 0 Å². The van der Waals surface area contributed by atoms with E-state index in [0.717, 1.165) is 12.8 Å². The van der Waals surface area contributed by atoms with E-state index in [9.17, 15) is 0 Å². The maximum absolute atomic E-state index is 3.66. The monoisotopic (exact) mass is 474 g/mol. The Hall–Kier alpha value is -2.17. The standard InChI is InChI=1S/C28H27PSe/c30-29(20-17-24-9-3-1-4-10-24,21-18-25-11-5-2-6-12-25)22-19-26-15-16-27-13-7-8-14-28(27)23-26/h1-16,19,22-23H,17-18,20-21H2/b22-19+. The summed E-state index contributed by atoms with van der Waals surface area (Å²) in [6.07, 6.45) is 6.99. The van der Waals surface area contributed by atoms with Gasteiger partial charge in [0.15, 0.2) is 0 Å². The Morgan fingerprint density at radius 2 is 1.13 bits per heavy atom. The fraction of sp³-hybridized carbons (Fsp3) is 0.143. The molecular formula is C28H27PSe. The van der Waals surface area contributed by atoms with Crippen molar-refractivity contribution in [2.75, 3.05) is 12.3 Å². The second-order valence-electron chi connectivity index (χ2n) is 7.79. The van der Waals surface area contributed by atoms with Crippen molar-refractivity contribution in [3.8, 4) is 0 Å². The summed E-state index contributed by atoms with van der Waals surface area (Å²) in [6.45, 7) is 0. The molecule has 0 saturated carbocycles. The number of benzene rings is 4. The normalized spacial score (nSPS) is 11.9. The van der Waals surface area contributed by atoms with Gasteiger partial charge in [0.2, 0.25) is 0 Å². The zero-order valence-electron chi connectivity index (χ0n) is 17.2. The van der Waals surface area contributed by atoms with Crippen LogP contribution in [0.15, 0.2) is 109 Å². The molecule has 0 aliphatic heterocycles. The Morgan fingerprint density at radius 1 is 0.600 bits per heavy atom. The van der Waals surface area contributed by atoms with Crippen LogP contribution in [0.4, 0.5) is 0 Å². The van der Waals surface area contributed by atoms with E-state index in [1.807, 2.05) is 0 Å². The molecule has 0 aromatic heterocycles. The van der Waals surface area contributed by atoms with Gasteiger partial charge in [0.25, 0.3) is 0 Å². The Bertz CT molecular complexity index is 1120. The number of hydrogen-bond acceptors (Lipinski definition) is 0. The van der Waals surface area contributed by atoms with E-state index in [-0.39, 0.29) is 0 Å². The van der Waals surface area contributed by atoms with Crippen LogP contribution < -0.4 is 0 Å². The number of fused-ring (bicyclic) bond motifs is 1. The summed E-state index contributed by atoms with van der Waals surface area (Å²) in [6, 6.07) is 37.1. The minimum absolute atomic E-state index is 1.12. The van der Waals surface area contributed by atoms with Gasteiger partial charge in [-0.15, -0.1) is 0 Å². The first-order valence-corrected chi connectivity index (χ1v) is 15.0. The summed E-state index contributed by atoms with van der Waals surface area (Å²) in [7, 11) is 0. The Balaban J connectivity index is 1.54. The summed E-state index contributed by atoms with van der Waals surface area (Å²) in [5, 5.41) is 2.60. The molecule has 0 N–H and O–H groups in total. The van der Waals surface area contributed by atoms with Crippen LogP contribution in [0.3, 0.4) is 0 Å². The fourth-order valence-corrected chi connectivity index (χ4v) is 7.49. The van der Waals surface area contributed by atoms with E-state index >= 15 is 0 Å². The molecule has 2 heteroatoms. The molecule has 0 heterocycles. The van der Waals surface area contributed by atoms with Gasteiger partial charge in [0.05, 0.1) is 0 Å². The zero-order valence-corrected chi connectivity index (χ0v) is 19.8. The topological polar surface area (TPSA) is 0 Å². The molecule has 0 radical (unpaired) electrons. The van der Waals surface area contributed by atoms with Gasteiger partial charge in [0, 0.05) is 0 Å². The van der Waals surface area contributed by atoms with Crippen LogP contribution in [0.2, 0.25) is 0 Å². The first-order chi connectivity index (χ1) is 14.7. The molecule has 4 aromatic carbocycles. The molecule has 150 valence electrons. The summed E-state index contributed by atoms with van der Waals surface area (Å²) in [5.74, 6) is 2.50. The summed E-state index contributed by atoms with van der Waals surface area (Å²) in [4.78, 5) is 0. The Labute approximate surface area is 187 Å². The van der Waals surface area contributed by atoms with Gasteiger partial charge >= 0.3 is 188 Å². The second kappa shape index (κ2) is 10.2. The molecule has 0 spiro atoms. The third kappa shape index (κ3) is 5.93. The van der Waals surface area contributed by atoms with Crippen LogP contribution in [0.1, 0.15) is 16.7 Å². The minimum atomic E-state index is -1.33. The summed E-state index contributed by atoms with van der Waals surface area (Å²) in [5.41, 5.74) is 2.81. The molecule has 4 rings (SSSR count). The molecule has 0 aliphatic rings. The van der Waals surface area contributed by atoms with E-state index in [2.05, 4.69) is 130 Å². The van der Waals surface area contributed by atoms with Crippen molar-refractivity contribution >= 4 is 37.5 Å². The van der Waals surface area contributed by atoms with Crippen LogP contribution in [-0.2, 0) is 12.8 Å². The van der Waals surface area contributed by atoms with Crippen molar-refractivity contribution < 1.29 is 0 Å². The predicted octanol–water partition coefficient (Wildman–Crippen LogP) is 7.40. The van der Waals surface area contributed by atoms with E-state index < -0.39 is 5.51 Å². The zero-order chi connectivity index (χ0) is 20.7. The van der Waals surface area contributed by atoms with Crippen molar-refractivity contribution in [3.63, 3.8) is 0 Å². The van der Waals surface area contributed by atoms with Crippen molar-refractivity contribution in [3.05, 3.63) is 126 Å². The van der Waals surface area contributed by atoms with Gasteiger partial charge in [-0.3, -0.25) is 0 Å². The molecule has 0 fully saturated rings. The molecule has 30 heavy (non-hydrogen) atoms. The van der Waals surface area contributed by atoms with Gasteiger partial charge in [-0.1, -0.05) is 0 Å². The summed E-state index contributed by atoms with van der Waals surface area (Å²) >= 11 is 3.66. The average Bonchev–Trinajstić information content (AvgIpc) is 2.82. The van der Waals surface area contributed by atoms with Gasteiger partial charge in [0.1, 0.15) is 0 Å². The first-order valence-electron chi connectivity index (χ1n) is 10.5. The van der Waals surface area contributed by atoms with Crippen molar-refractivity contribution in [2.45, 2.75) is 12.8 Å². The van der Waals surface area contributed by atoms with E-state index in [4.69, 9.17) is 0 Å². The second-order valence-corrected chi connectivity index (χ2v) is 15.5. The van der Waals surface area contributed by atoms with E-state index in [1.165, 1.54) is 39.8 Å². The molecule has 0 saturated heterocycles. The van der Waals surface area contributed by atoms with Crippen LogP contribution in [0, 0.1) is 0 Å². The third-order valence-electron chi connectivity index (χ3n) is 5.56. The van der Waals surface area contributed by atoms with Gasteiger partial charge in [-0.05, 0) is 0 Å². The SMILES string of the molecule is [Se]=P(/C=C/c1ccc2ccccc2c1)(CCc1ccccc1)CCc1ccccc1. The fourth-order valence-electron chi connectivity index (χ4n) is 3.72. The van der Waals surface area contributed by atoms with Crippen LogP contribution in [0.5, 0.6) is 0 Å². The number of aryl methyl sites for hydroxylation is 2. The van der Waals surface area contributed by atoms with Crippen molar-refractivity contribution in [1.82, 2.24) is 0 Å². The van der Waals surface area contributed by atoms with Crippen LogP contribution in [-0.4, -0.2) is 27.4 Å². The third-order valence-corrected chi connectivity index (χ3v) is 11.3. The first kappa shape index (κ1) is 21.1. The molecule has 0 amide bonds. The van der Waals surface area contributed by atoms with Crippen LogP contribution >= 0.6 is 5.51 Å². The Kier molecular flexibility index (Phi) is 7.19. The molecule has 0 nitrogen and oxygen atoms in total. The Morgan fingerprint density at radius 3 is 1.73 bits per heavy atom. The molecule has 0 atom stereocenters. The van der Waals surface area contributed by atoms with Gasteiger partial charge in [-0.25, -0.2) is 0 Å². The van der Waals surface area contributed by atoms with Crippen LogP contribution in [0.25, 0.3) is 16.8 Å². The van der Waals surface area contributed by atoms with Gasteiger partial charge in [-0.2, -0.15) is 0 Å². The van der Waals surface area contributed by atoms with Gasteiger partial charge < -0.3 is 0 Å². The molecular weight excluding hydrogens is 446 g/mol. The molecule has 4 aromatic rings. The number of hydrogen-bond donors (Lipinski definition) is 0.